The molecule has 0 unspecified atom stereocenters. The van der Waals surface area contributed by atoms with Crippen LogP contribution in [0.5, 0.6) is 0 Å². The molecule has 20 heavy (non-hydrogen) atoms. The molecule has 0 saturated carbocycles. The summed E-state index contributed by atoms with van der Waals surface area (Å²) in [6.07, 6.45) is 3.69. The number of carbonyl (C=O) groups is 1. The number of allylic oxidation sites excluding steroid dienone is 1. The second kappa shape index (κ2) is 6.06. The Morgan fingerprint density at radius 2 is 2.20 bits per heavy atom. The van der Waals surface area contributed by atoms with Gasteiger partial charge in [-0.2, -0.15) is 5.10 Å². The number of hydrogen-bond acceptors (Lipinski definition) is 3. The van der Waals surface area contributed by atoms with Crippen LogP contribution >= 0.6 is 0 Å². The van der Waals surface area contributed by atoms with Gasteiger partial charge in [-0.25, -0.2) is 4.68 Å². The molecule has 1 aromatic carbocycles. The molecule has 2 rings (SSSR count). The van der Waals surface area contributed by atoms with Gasteiger partial charge in [-0.3, -0.25) is 4.79 Å². The standard InChI is InChI=1S/C15H18N4O/c1-11(2)6-8-17-15(20)14-7-9-19(18-14)13-5-3-4-12(16)10-13/h3-7,9-10H,8,16H2,1-2H3,(H,17,20). The first-order chi connectivity index (χ1) is 9.56. The third-order valence-electron chi connectivity index (χ3n) is 2.73. The van der Waals surface area contributed by atoms with Gasteiger partial charge in [0.15, 0.2) is 5.69 Å². The van der Waals surface area contributed by atoms with Crippen LogP contribution in [0.2, 0.25) is 0 Å². The summed E-state index contributed by atoms with van der Waals surface area (Å²) in [6, 6.07) is 9.02. The summed E-state index contributed by atoms with van der Waals surface area (Å²) in [6.45, 7) is 4.48. The number of carbonyl (C=O) groups excluding carboxylic acids is 1. The van der Waals surface area contributed by atoms with Crippen LogP contribution in [0.3, 0.4) is 0 Å². The lowest BCUT2D eigenvalue weighted by molar-refractivity contribution is 0.0952. The Balaban J connectivity index is 2.09. The quantitative estimate of drug-likeness (QED) is 0.660. The molecule has 0 atom stereocenters. The Morgan fingerprint density at radius 3 is 2.90 bits per heavy atom. The van der Waals surface area contributed by atoms with Crippen LogP contribution in [0.1, 0.15) is 24.3 Å². The maximum Gasteiger partial charge on any atom is 0.272 e. The zero-order chi connectivity index (χ0) is 14.5. The van der Waals surface area contributed by atoms with E-state index in [2.05, 4.69) is 10.4 Å². The zero-order valence-corrected chi connectivity index (χ0v) is 11.6. The van der Waals surface area contributed by atoms with E-state index in [0.29, 0.717) is 17.9 Å². The van der Waals surface area contributed by atoms with Gasteiger partial charge in [0, 0.05) is 18.4 Å². The molecule has 5 nitrogen and oxygen atoms in total. The van der Waals surface area contributed by atoms with Gasteiger partial charge in [0.05, 0.1) is 5.69 Å². The van der Waals surface area contributed by atoms with Crippen molar-refractivity contribution < 1.29 is 4.79 Å². The maximum atomic E-state index is 11.9. The third-order valence-corrected chi connectivity index (χ3v) is 2.73. The number of aromatic nitrogens is 2. The van der Waals surface area contributed by atoms with E-state index in [1.807, 2.05) is 32.1 Å². The number of nitrogens with zero attached hydrogens (tertiary/aromatic N) is 2. The van der Waals surface area contributed by atoms with Gasteiger partial charge in [-0.1, -0.05) is 17.7 Å². The molecular weight excluding hydrogens is 252 g/mol. The van der Waals surface area contributed by atoms with Gasteiger partial charge >= 0.3 is 0 Å². The fraction of sp³-hybridized carbons (Fsp3) is 0.200. The number of benzene rings is 1. The molecule has 1 aromatic heterocycles. The van der Waals surface area contributed by atoms with Crippen molar-refractivity contribution in [3.8, 4) is 5.69 Å². The molecule has 0 saturated heterocycles. The van der Waals surface area contributed by atoms with Gasteiger partial charge in [-0.05, 0) is 38.1 Å². The van der Waals surface area contributed by atoms with Crippen LogP contribution in [0.15, 0.2) is 48.2 Å². The molecule has 0 aliphatic heterocycles. The lowest BCUT2D eigenvalue weighted by Gasteiger charge is -2.02. The average Bonchev–Trinajstić information content (AvgIpc) is 2.87. The molecule has 3 N–H and O–H groups in total. The molecule has 104 valence electrons. The van der Waals surface area contributed by atoms with E-state index in [-0.39, 0.29) is 5.91 Å². The molecule has 0 aliphatic carbocycles. The molecule has 1 heterocycles. The summed E-state index contributed by atoms with van der Waals surface area (Å²) in [5.74, 6) is -0.190. The second-order valence-corrected chi connectivity index (χ2v) is 4.73. The summed E-state index contributed by atoms with van der Waals surface area (Å²) >= 11 is 0. The van der Waals surface area contributed by atoms with E-state index in [9.17, 15) is 4.79 Å². The molecule has 0 radical (unpaired) electrons. The largest absolute Gasteiger partial charge is 0.399 e. The van der Waals surface area contributed by atoms with Gasteiger partial charge < -0.3 is 11.1 Å². The number of nitrogens with one attached hydrogen (secondary N) is 1. The number of nitrogens with two attached hydrogens (primary N) is 1. The topological polar surface area (TPSA) is 72.9 Å². The van der Waals surface area contributed by atoms with Crippen LogP contribution in [-0.4, -0.2) is 22.2 Å². The van der Waals surface area contributed by atoms with Crippen molar-refractivity contribution >= 4 is 11.6 Å². The molecule has 5 heteroatoms. The minimum Gasteiger partial charge on any atom is -0.399 e. The number of rotatable bonds is 4. The second-order valence-electron chi connectivity index (χ2n) is 4.73. The van der Waals surface area contributed by atoms with Crippen molar-refractivity contribution in [3.05, 3.63) is 53.9 Å². The van der Waals surface area contributed by atoms with E-state index >= 15 is 0 Å². The first-order valence-corrected chi connectivity index (χ1v) is 6.39. The first-order valence-electron chi connectivity index (χ1n) is 6.39. The number of amides is 1. The normalized spacial score (nSPS) is 10.1. The Kier molecular flexibility index (Phi) is 4.20. The summed E-state index contributed by atoms with van der Waals surface area (Å²) in [5.41, 5.74) is 8.76. The third kappa shape index (κ3) is 3.47. The predicted octanol–water partition coefficient (Wildman–Crippen LogP) is 2.15. The minimum atomic E-state index is -0.190. The number of hydrogen-bond donors (Lipinski definition) is 2. The minimum absolute atomic E-state index is 0.190. The lowest BCUT2D eigenvalue weighted by Crippen LogP contribution is -2.24. The Labute approximate surface area is 118 Å². The highest BCUT2D eigenvalue weighted by Crippen LogP contribution is 2.11. The van der Waals surface area contributed by atoms with E-state index in [4.69, 9.17) is 5.73 Å². The predicted molar refractivity (Wildman–Crippen MR) is 79.7 cm³/mol. The number of nitrogen functional groups attached to an aromatic ring is 1. The van der Waals surface area contributed by atoms with Crippen LogP contribution < -0.4 is 11.1 Å². The molecule has 0 fully saturated rings. The Bertz CT molecular complexity index is 639. The molecule has 2 aromatic rings. The van der Waals surface area contributed by atoms with Crippen molar-refractivity contribution in [2.75, 3.05) is 12.3 Å². The van der Waals surface area contributed by atoms with E-state index in [1.54, 1.807) is 29.1 Å². The van der Waals surface area contributed by atoms with Gasteiger partial charge in [-0.15, -0.1) is 0 Å². The van der Waals surface area contributed by atoms with Crippen LogP contribution in [-0.2, 0) is 0 Å². The van der Waals surface area contributed by atoms with Crippen molar-refractivity contribution in [2.45, 2.75) is 13.8 Å². The van der Waals surface area contributed by atoms with Crippen molar-refractivity contribution in [3.63, 3.8) is 0 Å². The fourth-order valence-corrected chi connectivity index (χ4v) is 1.69. The lowest BCUT2D eigenvalue weighted by atomic mass is 10.3. The highest BCUT2D eigenvalue weighted by atomic mass is 16.1. The molecule has 0 bridgehead atoms. The summed E-state index contributed by atoms with van der Waals surface area (Å²) < 4.78 is 1.63. The van der Waals surface area contributed by atoms with E-state index in [0.717, 1.165) is 11.3 Å². The Morgan fingerprint density at radius 1 is 1.40 bits per heavy atom. The fourth-order valence-electron chi connectivity index (χ4n) is 1.69. The summed E-state index contributed by atoms with van der Waals surface area (Å²) in [7, 11) is 0. The first kappa shape index (κ1) is 13.9. The van der Waals surface area contributed by atoms with E-state index < -0.39 is 0 Å². The highest BCUT2D eigenvalue weighted by molar-refractivity contribution is 5.92. The monoisotopic (exact) mass is 270 g/mol. The Hall–Kier alpha value is -2.56. The highest BCUT2D eigenvalue weighted by Gasteiger charge is 2.09. The van der Waals surface area contributed by atoms with Crippen LogP contribution in [0, 0.1) is 0 Å². The van der Waals surface area contributed by atoms with Gasteiger partial charge in [0.1, 0.15) is 0 Å². The van der Waals surface area contributed by atoms with Crippen molar-refractivity contribution in [1.82, 2.24) is 15.1 Å². The van der Waals surface area contributed by atoms with Crippen LogP contribution in [0.4, 0.5) is 5.69 Å². The SMILES string of the molecule is CC(C)=CCNC(=O)c1ccn(-c2cccc(N)c2)n1. The zero-order valence-electron chi connectivity index (χ0n) is 11.6. The molecule has 0 spiro atoms. The molecule has 1 amide bonds. The van der Waals surface area contributed by atoms with Gasteiger partial charge in [0.2, 0.25) is 0 Å². The smallest absolute Gasteiger partial charge is 0.272 e. The summed E-state index contributed by atoms with van der Waals surface area (Å²) in [4.78, 5) is 11.9. The van der Waals surface area contributed by atoms with Crippen LogP contribution in [0.25, 0.3) is 5.69 Å². The number of anilines is 1. The van der Waals surface area contributed by atoms with Gasteiger partial charge in [0.25, 0.3) is 5.91 Å². The maximum absolute atomic E-state index is 11.9. The summed E-state index contributed by atoms with van der Waals surface area (Å²) in [5, 5.41) is 7.04. The van der Waals surface area contributed by atoms with Crippen molar-refractivity contribution in [2.24, 2.45) is 0 Å². The molecular formula is C15H18N4O. The van der Waals surface area contributed by atoms with Crippen molar-refractivity contribution in [1.29, 1.82) is 0 Å². The molecule has 0 aliphatic rings. The average molecular weight is 270 g/mol. The van der Waals surface area contributed by atoms with E-state index in [1.165, 1.54) is 0 Å².